The van der Waals surface area contributed by atoms with Crippen LogP contribution in [0.2, 0.25) is 0 Å². The number of amides is 1. The summed E-state index contributed by atoms with van der Waals surface area (Å²) in [6.07, 6.45) is 20.9. The molecule has 3 saturated carbocycles. The van der Waals surface area contributed by atoms with Crippen molar-refractivity contribution in [3.05, 3.63) is 72.3 Å². The van der Waals surface area contributed by atoms with Gasteiger partial charge in [0.05, 0.1) is 19.3 Å². The first-order valence-electron chi connectivity index (χ1n) is 15.5. The molecule has 3 aliphatic rings. The number of allylic oxidation sites excluding steroid dienone is 4. The van der Waals surface area contributed by atoms with Crippen molar-refractivity contribution >= 4 is 11.6 Å². The number of anilines is 1. The highest BCUT2D eigenvalue weighted by Gasteiger charge is 2.31. The number of carbonyl (C=O) groups is 1. The summed E-state index contributed by atoms with van der Waals surface area (Å²) in [4.78, 5) is 16.1. The van der Waals surface area contributed by atoms with Crippen LogP contribution in [-0.4, -0.2) is 29.3 Å². The largest absolute Gasteiger partial charge is 0.497 e. The van der Waals surface area contributed by atoms with Crippen LogP contribution in [-0.2, 0) is 9.53 Å². The van der Waals surface area contributed by atoms with Crippen molar-refractivity contribution < 1.29 is 9.53 Å². The van der Waals surface area contributed by atoms with Crippen molar-refractivity contribution in [3.8, 4) is 11.1 Å². The van der Waals surface area contributed by atoms with Crippen molar-refractivity contribution in [2.45, 2.75) is 90.5 Å². The SMILES string of the molecule is C=C(/C=C\C(OC)=C(C)C)C1CCC(CN(C(=O)C2CCCCC2)c2cccc(-c3cnn(C4CC4)c3)c2)CC1. The molecule has 214 valence electrons. The van der Waals surface area contributed by atoms with Gasteiger partial charge in [0.1, 0.15) is 5.76 Å². The number of methoxy groups -OCH3 is 1. The average molecular weight is 542 g/mol. The summed E-state index contributed by atoms with van der Waals surface area (Å²) < 4.78 is 7.59. The highest BCUT2D eigenvalue weighted by Crippen LogP contribution is 2.38. The number of benzene rings is 1. The molecule has 3 fully saturated rings. The number of rotatable bonds is 10. The van der Waals surface area contributed by atoms with Crippen LogP contribution in [0.5, 0.6) is 0 Å². The number of ether oxygens (including phenoxy) is 1. The minimum atomic E-state index is 0.154. The monoisotopic (exact) mass is 541 g/mol. The van der Waals surface area contributed by atoms with Gasteiger partial charge in [-0.3, -0.25) is 9.48 Å². The van der Waals surface area contributed by atoms with E-state index in [9.17, 15) is 4.79 Å². The zero-order chi connectivity index (χ0) is 28.1. The molecule has 1 heterocycles. The maximum atomic E-state index is 14.0. The van der Waals surface area contributed by atoms with Gasteiger partial charge in [0.25, 0.3) is 0 Å². The summed E-state index contributed by atoms with van der Waals surface area (Å²) in [5.74, 6) is 2.40. The topological polar surface area (TPSA) is 47.4 Å². The van der Waals surface area contributed by atoms with Gasteiger partial charge in [-0.25, -0.2) is 0 Å². The first-order valence-corrected chi connectivity index (χ1v) is 15.5. The Bertz CT molecular complexity index is 1230. The fraction of sp³-hybridized carbons (Fsp3) is 0.543. The van der Waals surface area contributed by atoms with Crippen LogP contribution in [0.4, 0.5) is 5.69 Å². The van der Waals surface area contributed by atoms with Gasteiger partial charge < -0.3 is 9.64 Å². The third kappa shape index (κ3) is 6.97. The van der Waals surface area contributed by atoms with E-state index < -0.39 is 0 Å². The summed E-state index contributed by atoms with van der Waals surface area (Å²) in [5.41, 5.74) is 5.67. The lowest BCUT2D eigenvalue weighted by atomic mass is 9.78. The van der Waals surface area contributed by atoms with Crippen molar-refractivity contribution in [2.24, 2.45) is 17.8 Å². The Labute approximate surface area is 241 Å². The number of nitrogens with zero attached hydrogens (tertiary/aromatic N) is 3. The van der Waals surface area contributed by atoms with E-state index in [2.05, 4.69) is 77.7 Å². The van der Waals surface area contributed by atoms with Gasteiger partial charge in [0.15, 0.2) is 0 Å². The molecule has 5 nitrogen and oxygen atoms in total. The van der Waals surface area contributed by atoms with Gasteiger partial charge in [0.2, 0.25) is 5.91 Å². The smallest absolute Gasteiger partial charge is 0.230 e. The average Bonchev–Trinajstić information content (AvgIpc) is 3.72. The van der Waals surface area contributed by atoms with Crippen molar-refractivity contribution in [1.29, 1.82) is 0 Å². The van der Waals surface area contributed by atoms with E-state index in [4.69, 9.17) is 4.74 Å². The summed E-state index contributed by atoms with van der Waals surface area (Å²) in [5, 5.41) is 4.60. The van der Waals surface area contributed by atoms with E-state index in [1.807, 2.05) is 6.20 Å². The molecule has 0 N–H and O–H groups in total. The second kappa shape index (κ2) is 13.1. The summed E-state index contributed by atoms with van der Waals surface area (Å²) in [6, 6.07) is 9.16. The van der Waals surface area contributed by atoms with Crippen molar-refractivity contribution in [2.75, 3.05) is 18.6 Å². The van der Waals surface area contributed by atoms with Crippen molar-refractivity contribution in [3.63, 3.8) is 0 Å². The normalized spacial score (nSPS) is 21.8. The fourth-order valence-corrected chi connectivity index (χ4v) is 6.50. The lowest BCUT2D eigenvalue weighted by Crippen LogP contribution is -2.41. The maximum absolute atomic E-state index is 14.0. The fourth-order valence-electron chi connectivity index (χ4n) is 6.50. The number of aromatic nitrogens is 2. The molecule has 1 aromatic carbocycles. The van der Waals surface area contributed by atoms with Gasteiger partial charge in [-0.1, -0.05) is 49.6 Å². The van der Waals surface area contributed by atoms with Crippen LogP contribution in [0.1, 0.15) is 90.5 Å². The molecule has 0 atom stereocenters. The maximum Gasteiger partial charge on any atom is 0.230 e. The first kappa shape index (κ1) is 28.4. The Hall–Kier alpha value is -3.08. The second-order valence-electron chi connectivity index (χ2n) is 12.5. The third-order valence-electron chi connectivity index (χ3n) is 9.21. The zero-order valence-corrected chi connectivity index (χ0v) is 24.8. The first-order chi connectivity index (χ1) is 19.4. The summed E-state index contributed by atoms with van der Waals surface area (Å²) >= 11 is 0. The van der Waals surface area contributed by atoms with E-state index in [1.165, 1.54) is 43.3 Å². The van der Waals surface area contributed by atoms with Crippen molar-refractivity contribution in [1.82, 2.24) is 9.78 Å². The number of hydrogen-bond acceptors (Lipinski definition) is 3. The Morgan fingerprint density at radius 1 is 1.00 bits per heavy atom. The van der Waals surface area contributed by atoms with Gasteiger partial charge >= 0.3 is 0 Å². The molecule has 0 bridgehead atoms. The molecule has 0 saturated heterocycles. The number of hydrogen-bond donors (Lipinski definition) is 0. The van der Waals surface area contributed by atoms with E-state index in [0.717, 1.165) is 67.6 Å². The quantitative estimate of drug-likeness (QED) is 0.223. The van der Waals surface area contributed by atoms with E-state index in [-0.39, 0.29) is 5.92 Å². The van der Waals surface area contributed by atoms with E-state index in [1.54, 1.807) is 7.11 Å². The number of carbonyl (C=O) groups excluding carboxylic acids is 1. The van der Waals surface area contributed by atoms with Crippen LogP contribution < -0.4 is 4.90 Å². The van der Waals surface area contributed by atoms with Crippen LogP contribution in [0.3, 0.4) is 0 Å². The highest BCUT2D eigenvalue weighted by atomic mass is 16.5. The summed E-state index contributed by atoms with van der Waals surface area (Å²) in [6.45, 7) is 9.32. The summed E-state index contributed by atoms with van der Waals surface area (Å²) in [7, 11) is 1.72. The molecule has 40 heavy (non-hydrogen) atoms. The van der Waals surface area contributed by atoms with Crippen LogP contribution in [0, 0.1) is 17.8 Å². The standard InChI is InChI=1S/C35H47N3O2/c1-25(2)34(40-4)20-13-26(3)28-16-14-27(15-17-28)23-37(35(39)29-9-6-5-7-10-29)33-12-8-11-30(21-33)31-22-36-38(24-31)32-18-19-32/h8,11-13,20-22,24,27-29,32H,3,5-7,9-10,14-19,23H2,1-2,4H3/b20-13-. The Morgan fingerprint density at radius 2 is 1.75 bits per heavy atom. The molecule has 0 radical (unpaired) electrons. The Balaban J connectivity index is 1.28. The van der Waals surface area contributed by atoms with Crippen LogP contribution in [0.15, 0.2) is 72.3 Å². The van der Waals surface area contributed by atoms with Crippen LogP contribution in [0.25, 0.3) is 11.1 Å². The molecule has 0 unspecified atom stereocenters. The third-order valence-corrected chi connectivity index (χ3v) is 9.21. The lowest BCUT2D eigenvalue weighted by molar-refractivity contribution is -0.123. The molecule has 0 aliphatic heterocycles. The minimum absolute atomic E-state index is 0.154. The molecule has 5 rings (SSSR count). The van der Waals surface area contributed by atoms with E-state index >= 15 is 0 Å². The minimum Gasteiger partial charge on any atom is -0.497 e. The molecular weight excluding hydrogens is 494 g/mol. The molecule has 3 aliphatic carbocycles. The van der Waals surface area contributed by atoms with Gasteiger partial charge in [-0.2, -0.15) is 5.10 Å². The lowest BCUT2D eigenvalue weighted by Gasteiger charge is -2.35. The molecule has 1 amide bonds. The van der Waals surface area contributed by atoms with Gasteiger partial charge in [0, 0.05) is 29.9 Å². The van der Waals surface area contributed by atoms with Gasteiger partial charge in [-0.15, -0.1) is 0 Å². The highest BCUT2D eigenvalue weighted by molar-refractivity contribution is 5.95. The Kier molecular flexibility index (Phi) is 9.29. The molecule has 5 heteroatoms. The van der Waals surface area contributed by atoms with Gasteiger partial charge in [-0.05, 0) is 106 Å². The van der Waals surface area contributed by atoms with E-state index in [0.29, 0.717) is 23.8 Å². The predicted octanol–water partition coefficient (Wildman–Crippen LogP) is 8.66. The molecule has 0 spiro atoms. The second-order valence-corrected chi connectivity index (χ2v) is 12.5. The Morgan fingerprint density at radius 3 is 2.42 bits per heavy atom. The van der Waals surface area contributed by atoms with Crippen LogP contribution >= 0.6 is 0 Å². The zero-order valence-electron chi connectivity index (χ0n) is 24.8. The molecule has 1 aromatic heterocycles. The molecule has 2 aromatic rings. The molecular formula is C35H47N3O2. The predicted molar refractivity (Wildman–Crippen MR) is 164 cm³/mol.